The van der Waals surface area contributed by atoms with Crippen LogP contribution in [0, 0.1) is 5.41 Å². The van der Waals surface area contributed by atoms with Gasteiger partial charge in [-0.15, -0.1) is 0 Å². The van der Waals surface area contributed by atoms with E-state index in [0.29, 0.717) is 0 Å². The van der Waals surface area contributed by atoms with Gasteiger partial charge in [-0.3, -0.25) is 0 Å². The first-order valence-corrected chi connectivity index (χ1v) is 5.50. The lowest BCUT2D eigenvalue weighted by atomic mass is 9.90. The molecule has 15 heavy (non-hydrogen) atoms. The van der Waals surface area contributed by atoms with Crippen molar-refractivity contribution in [3.63, 3.8) is 0 Å². The summed E-state index contributed by atoms with van der Waals surface area (Å²) in [5.74, 6) is 0. The molecule has 1 unspecified atom stereocenters. The molecule has 2 nitrogen and oxygen atoms in total. The molecule has 0 aromatic carbocycles. The Morgan fingerprint density at radius 1 is 1.33 bits per heavy atom. The van der Waals surface area contributed by atoms with Crippen LogP contribution in [0.5, 0.6) is 0 Å². The zero-order chi connectivity index (χ0) is 11.9. The Hall–Kier alpha value is -0.860. The van der Waals surface area contributed by atoms with Gasteiger partial charge in [-0.2, -0.15) is 0 Å². The van der Waals surface area contributed by atoms with Crippen molar-refractivity contribution in [2.24, 2.45) is 11.1 Å². The van der Waals surface area contributed by atoms with Gasteiger partial charge in [0.25, 0.3) is 0 Å². The van der Waals surface area contributed by atoms with E-state index in [1.54, 1.807) is 0 Å². The van der Waals surface area contributed by atoms with E-state index in [2.05, 4.69) is 26.0 Å². The molecular weight excluding hydrogens is 186 g/mol. The molecule has 1 atom stereocenters. The first-order valence-electron chi connectivity index (χ1n) is 5.50. The molecule has 1 rings (SSSR count). The van der Waals surface area contributed by atoms with Crippen molar-refractivity contribution in [3.05, 3.63) is 36.0 Å². The van der Waals surface area contributed by atoms with Crippen molar-refractivity contribution in [3.8, 4) is 0 Å². The molecule has 86 valence electrons. The average Bonchev–Trinajstić information content (AvgIpc) is 2.41. The monoisotopic (exact) mass is 209 g/mol. The maximum Gasteiger partial charge on any atom is 0.0624 e. The Morgan fingerprint density at radius 3 is 2.47 bits per heavy atom. The minimum Gasteiger partial charge on any atom is -0.394 e. The van der Waals surface area contributed by atoms with Gasteiger partial charge in [0.1, 0.15) is 0 Å². The molecule has 0 radical (unpaired) electrons. The third-order valence-corrected chi connectivity index (χ3v) is 2.09. The first kappa shape index (κ1) is 14.1. The van der Waals surface area contributed by atoms with E-state index < -0.39 is 0 Å². The fourth-order valence-electron chi connectivity index (χ4n) is 1.33. The lowest BCUT2D eigenvalue weighted by molar-refractivity contribution is 0.280. The fourth-order valence-corrected chi connectivity index (χ4v) is 1.33. The summed E-state index contributed by atoms with van der Waals surface area (Å²) in [6.07, 6.45) is 10.1. The summed E-state index contributed by atoms with van der Waals surface area (Å²) in [4.78, 5) is 0. The van der Waals surface area contributed by atoms with Crippen LogP contribution in [-0.4, -0.2) is 17.8 Å². The zero-order valence-corrected chi connectivity index (χ0v) is 10.2. The smallest absolute Gasteiger partial charge is 0.0624 e. The van der Waals surface area contributed by atoms with Gasteiger partial charge in [0, 0.05) is 5.41 Å². The number of hydrogen-bond donors (Lipinski definition) is 2. The van der Waals surface area contributed by atoms with E-state index in [9.17, 15) is 0 Å². The summed E-state index contributed by atoms with van der Waals surface area (Å²) in [5, 5.41) is 8.93. The fraction of sp³-hybridized carbons (Fsp3) is 0.538. The molecule has 0 aromatic rings. The Kier molecular flexibility index (Phi) is 6.21. The molecule has 1 aliphatic rings. The zero-order valence-electron chi connectivity index (χ0n) is 10.2. The van der Waals surface area contributed by atoms with E-state index >= 15 is 0 Å². The molecule has 0 saturated carbocycles. The van der Waals surface area contributed by atoms with Gasteiger partial charge < -0.3 is 10.8 Å². The number of aliphatic hydroxyl groups excluding tert-OH is 1. The maximum atomic E-state index is 8.93. The van der Waals surface area contributed by atoms with Crippen LogP contribution in [0.3, 0.4) is 0 Å². The third-order valence-electron chi connectivity index (χ3n) is 2.09. The van der Waals surface area contributed by atoms with Crippen LogP contribution < -0.4 is 5.73 Å². The molecule has 3 N–H and O–H groups in total. The van der Waals surface area contributed by atoms with Crippen molar-refractivity contribution in [2.75, 3.05) is 6.61 Å². The van der Waals surface area contributed by atoms with Crippen LogP contribution in [0.4, 0.5) is 0 Å². The first-order chi connectivity index (χ1) is 7.05. The highest BCUT2D eigenvalue weighted by Gasteiger charge is 2.15. The SMILES string of the molecule is CC.CC1(C)C=CC=CC(C(N)CO)=C1. The minimum absolute atomic E-state index is 0.00769. The van der Waals surface area contributed by atoms with Crippen LogP contribution in [0.15, 0.2) is 36.0 Å². The van der Waals surface area contributed by atoms with Gasteiger partial charge in [-0.25, -0.2) is 0 Å². The number of nitrogens with two attached hydrogens (primary N) is 1. The second-order valence-corrected chi connectivity index (χ2v) is 3.97. The molecule has 2 heteroatoms. The van der Waals surface area contributed by atoms with Crippen molar-refractivity contribution in [1.82, 2.24) is 0 Å². The summed E-state index contributed by atoms with van der Waals surface area (Å²) in [6, 6.07) is -0.268. The van der Waals surface area contributed by atoms with Crippen LogP contribution in [0.2, 0.25) is 0 Å². The lowest BCUT2D eigenvalue weighted by Crippen LogP contribution is -2.26. The predicted molar refractivity (Wildman–Crippen MR) is 66.6 cm³/mol. The van der Waals surface area contributed by atoms with Crippen LogP contribution in [0.1, 0.15) is 27.7 Å². The highest BCUT2D eigenvalue weighted by atomic mass is 16.3. The number of aliphatic hydroxyl groups is 1. The molecule has 0 saturated heterocycles. The molecule has 0 bridgehead atoms. The molecular formula is C13H23NO. The van der Waals surface area contributed by atoms with Crippen LogP contribution in [-0.2, 0) is 0 Å². The van der Waals surface area contributed by atoms with Gasteiger partial charge in [-0.1, -0.05) is 58.1 Å². The number of allylic oxidation sites excluding steroid dienone is 4. The molecule has 0 aromatic heterocycles. The van der Waals surface area contributed by atoms with E-state index in [1.807, 2.05) is 32.1 Å². The van der Waals surface area contributed by atoms with Gasteiger partial charge in [0.15, 0.2) is 0 Å². The van der Waals surface area contributed by atoms with Gasteiger partial charge in [-0.05, 0) is 5.57 Å². The maximum absolute atomic E-state index is 8.93. The summed E-state index contributed by atoms with van der Waals surface area (Å²) in [7, 11) is 0. The quantitative estimate of drug-likeness (QED) is 0.733. The summed E-state index contributed by atoms with van der Waals surface area (Å²) >= 11 is 0. The summed E-state index contributed by atoms with van der Waals surface area (Å²) in [6.45, 7) is 8.22. The summed E-state index contributed by atoms with van der Waals surface area (Å²) in [5.41, 5.74) is 6.76. The normalized spacial score (nSPS) is 19.7. The largest absolute Gasteiger partial charge is 0.394 e. The Balaban J connectivity index is 0.000000921. The van der Waals surface area contributed by atoms with Crippen molar-refractivity contribution >= 4 is 0 Å². The van der Waals surface area contributed by atoms with E-state index in [1.165, 1.54) is 0 Å². The highest BCUT2D eigenvalue weighted by molar-refractivity contribution is 5.33. The van der Waals surface area contributed by atoms with Crippen molar-refractivity contribution < 1.29 is 5.11 Å². The van der Waals surface area contributed by atoms with Crippen LogP contribution >= 0.6 is 0 Å². The second-order valence-electron chi connectivity index (χ2n) is 3.97. The number of hydrogen-bond acceptors (Lipinski definition) is 2. The molecule has 0 spiro atoms. The second kappa shape index (κ2) is 6.59. The van der Waals surface area contributed by atoms with E-state index in [0.717, 1.165) is 5.57 Å². The molecule has 0 aliphatic heterocycles. The van der Waals surface area contributed by atoms with E-state index in [-0.39, 0.29) is 18.1 Å². The summed E-state index contributed by atoms with van der Waals surface area (Å²) < 4.78 is 0. The Morgan fingerprint density at radius 2 is 1.93 bits per heavy atom. The predicted octanol–water partition coefficient (Wildman–Crippen LogP) is 2.41. The van der Waals surface area contributed by atoms with Gasteiger partial charge in [0.05, 0.1) is 12.6 Å². The molecule has 0 heterocycles. The van der Waals surface area contributed by atoms with Crippen molar-refractivity contribution in [2.45, 2.75) is 33.7 Å². The van der Waals surface area contributed by atoms with Crippen LogP contribution in [0.25, 0.3) is 0 Å². The van der Waals surface area contributed by atoms with Crippen molar-refractivity contribution in [1.29, 1.82) is 0 Å². The van der Waals surface area contributed by atoms with Gasteiger partial charge in [0.2, 0.25) is 0 Å². The highest BCUT2D eigenvalue weighted by Crippen LogP contribution is 2.24. The Bertz CT molecular complexity index is 262. The molecule has 0 fully saturated rings. The molecule has 1 aliphatic carbocycles. The topological polar surface area (TPSA) is 46.2 Å². The average molecular weight is 209 g/mol. The minimum atomic E-state index is -0.268. The number of rotatable bonds is 2. The Labute approximate surface area is 93.2 Å². The standard InChI is InChI=1S/C11H17NO.C2H6/c1-11(2)6-4-3-5-9(7-11)10(12)8-13;1-2/h3-7,10,13H,8,12H2,1-2H3;1-2H3. The van der Waals surface area contributed by atoms with E-state index in [4.69, 9.17) is 10.8 Å². The molecule has 0 amide bonds. The van der Waals surface area contributed by atoms with Gasteiger partial charge >= 0.3 is 0 Å². The lowest BCUT2D eigenvalue weighted by Gasteiger charge is -2.17. The third kappa shape index (κ3) is 4.96.